The molecule has 3 aromatic carbocycles. The molecule has 0 saturated heterocycles. The molecule has 0 N–H and O–H groups in total. The van der Waals surface area contributed by atoms with Crippen LogP contribution in [0.5, 0.6) is 0 Å². The molecule has 4 rings (SSSR count). The van der Waals surface area contributed by atoms with Crippen molar-refractivity contribution >= 4 is 0 Å². The van der Waals surface area contributed by atoms with Gasteiger partial charge in [0.2, 0.25) is 0 Å². The predicted molar refractivity (Wildman–Crippen MR) is 117 cm³/mol. The lowest BCUT2D eigenvalue weighted by molar-refractivity contribution is 0.491. The number of fused-ring (bicyclic) bond motifs is 3. The van der Waals surface area contributed by atoms with Crippen LogP contribution in [0.2, 0.25) is 0 Å². The summed E-state index contributed by atoms with van der Waals surface area (Å²) < 4.78 is 0. The number of hydrogen-bond acceptors (Lipinski definition) is 0. The van der Waals surface area contributed by atoms with E-state index in [1.165, 1.54) is 58.2 Å². The van der Waals surface area contributed by atoms with Crippen LogP contribution in [-0.2, 0) is 11.8 Å². The van der Waals surface area contributed by atoms with Gasteiger partial charge in [-0.1, -0.05) is 93.9 Å². The van der Waals surface area contributed by atoms with Gasteiger partial charge in [-0.25, -0.2) is 0 Å². The Labute approximate surface area is 164 Å². The first-order valence-electron chi connectivity index (χ1n) is 10.6. The fourth-order valence-corrected chi connectivity index (χ4v) is 5.02. The van der Waals surface area contributed by atoms with Crippen LogP contribution in [0.1, 0.15) is 63.1 Å². The number of rotatable bonds is 6. The summed E-state index contributed by atoms with van der Waals surface area (Å²) in [5, 5.41) is 0. The van der Waals surface area contributed by atoms with Gasteiger partial charge in [0.05, 0.1) is 0 Å². The molecule has 0 heteroatoms. The SMILES string of the molecule is CCCCc1ccc(-c2cccc3c2C(CC)(CC)c2ccccc2-3)cc1. The number of hydrogen-bond donors (Lipinski definition) is 0. The van der Waals surface area contributed by atoms with Crippen molar-refractivity contribution in [3.05, 3.63) is 83.4 Å². The van der Waals surface area contributed by atoms with Crippen LogP contribution in [-0.4, -0.2) is 0 Å². The van der Waals surface area contributed by atoms with Gasteiger partial charge in [-0.2, -0.15) is 0 Å². The maximum atomic E-state index is 2.35. The molecule has 0 nitrogen and oxygen atoms in total. The van der Waals surface area contributed by atoms with Crippen LogP contribution in [0.15, 0.2) is 66.7 Å². The van der Waals surface area contributed by atoms with Gasteiger partial charge in [0.1, 0.15) is 0 Å². The van der Waals surface area contributed by atoms with Crippen molar-refractivity contribution in [2.24, 2.45) is 0 Å². The average Bonchev–Trinajstić information content (AvgIpc) is 3.03. The van der Waals surface area contributed by atoms with E-state index in [9.17, 15) is 0 Å². The topological polar surface area (TPSA) is 0 Å². The monoisotopic (exact) mass is 354 g/mol. The molecule has 27 heavy (non-hydrogen) atoms. The molecule has 0 bridgehead atoms. The zero-order chi connectivity index (χ0) is 18.9. The lowest BCUT2D eigenvalue weighted by Crippen LogP contribution is -2.23. The van der Waals surface area contributed by atoms with Crippen molar-refractivity contribution in [1.82, 2.24) is 0 Å². The minimum atomic E-state index is 0.128. The summed E-state index contributed by atoms with van der Waals surface area (Å²) in [5.41, 5.74) is 10.3. The Morgan fingerprint density at radius 3 is 2.04 bits per heavy atom. The highest BCUT2D eigenvalue weighted by atomic mass is 14.4. The summed E-state index contributed by atoms with van der Waals surface area (Å²) in [4.78, 5) is 0. The van der Waals surface area contributed by atoms with Crippen molar-refractivity contribution in [2.75, 3.05) is 0 Å². The fraction of sp³-hybridized carbons (Fsp3) is 0.333. The Kier molecular flexibility index (Phi) is 4.91. The molecule has 3 aromatic rings. The van der Waals surface area contributed by atoms with Gasteiger partial charge in [0, 0.05) is 5.41 Å². The Morgan fingerprint density at radius 1 is 0.667 bits per heavy atom. The quantitative estimate of drug-likeness (QED) is 0.424. The smallest absolute Gasteiger partial charge is 0.0216 e. The highest BCUT2D eigenvalue weighted by Crippen LogP contribution is 2.55. The minimum absolute atomic E-state index is 0.128. The first kappa shape index (κ1) is 18.0. The van der Waals surface area contributed by atoms with E-state index in [-0.39, 0.29) is 5.41 Å². The van der Waals surface area contributed by atoms with Crippen molar-refractivity contribution < 1.29 is 0 Å². The van der Waals surface area contributed by atoms with Gasteiger partial charge in [-0.15, -0.1) is 0 Å². The van der Waals surface area contributed by atoms with Gasteiger partial charge in [-0.3, -0.25) is 0 Å². The second kappa shape index (κ2) is 7.35. The average molecular weight is 355 g/mol. The summed E-state index contributed by atoms with van der Waals surface area (Å²) in [6.45, 7) is 6.95. The molecule has 0 radical (unpaired) electrons. The van der Waals surface area contributed by atoms with Gasteiger partial charge in [0.15, 0.2) is 0 Å². The standard InChI is InChI=1S/C27H30/c1-4-7-11-20-16-18-21(19-17-20)22-13-10-14-24-23-12-8-9-15-25(23)27(5-2,6-3)26(22)24/h8-10,12-19H,4-7,11H2,1-3H3. The van der Waals surface area contributed by atoms with Gasteiger partial charge >= 0.3 is 0 Å². The first-order chi connectivity index (χ1) is 13.2. The summed E-state index contributed by atoms with van der Waals surface area (Å²) in [6.07, 6.45) is 5.98. The van der Waals surface area contributed by atoms with Crippen LogP contribution in [0, 0.1) is 0 Å². The minimum Gasteiger partial charge on any atom is -0.0654 e. The second-order valence-corrected chi connectivity index (χ2v) is 7.86. The van der Waals surface area contributed by atoms with Gasteiger partial charge in [-0.05, 0) is 64.6 Å². The normalized spacial score (nSPS) is 14.0. The third-order valence-corrected chi connectivity index (χ3v) is 6.57. The Balaban J connectivity index is 1.87. The number of aryl methyl sites for hydroxylation is 1. The highest BCUT2D eigenvalue weighted by molar-refractivity contribution is 5.88. The molecule has 0 fully saturated rings. The molecule has 1 aliphatic carbocycles. The van der Waals surface area contributed by atoms with Crippen molar-refractivity contribution in [3.8, 4) is 22.3 Å². The molecule has 138 valence electrons. The predicted octanol–water partition coefficient (Wildman–Crippen LogP) is 7.78. The third-order valence-electron chi connectivity index (χ3n) is 6.57. The first-order valence-corrected chi connectivity index (χ1v) is 10.6. The molecule has 0 aromatic heterocycles. The molecule has 0 aliphatic heterocycles. The van der Waals surface area contributed by atoms with Crippen LogP contribution in [0.3, 0.4) is 0 Å². The fourth-order valence-electron chi connectivity index (χ4n) is 5.02. The summed E-state index contributed by atoms with van der Waals surface area (Å²) in [6, 6.07) is 25.2. The van der Waals surface area contributed by atoms with E-state index in [0.717, 1.165) is 12.8 Å². The van der Waals surface area contributed by atoms with Gasteiger partial charge < -0.3 is 0 Å². The largest absolute Gasteiger partial charge is 0.0654 e. The lowest BCUT2D eigenvalue weighted by Gasteiger charge is -2.31. The zero-order valence-corrected chi connectivity index (χ0v) is 16.9. The van der Waals surface area contributed by atoms with Crippen LogP contribution in [0.4, 0.5) is 0 Å². The molecular weight excluding hydrogens is 324 g/mol. The van der Waals surface area contributed by atoms with E-state index in [2.05, 4.69) is 87.5 Å². The molecule has 0 heterocycles. The molecule has 0 spiro atoms. The van der Waals surface area contributed by atoms with E-state index >= 15 is 0 Å². The number of unbranched alkanes of at least 4 members (excludes halogenated alkanes) is 1. The van der Waals surface area contributed by atoms with E-state index in [4.69, 9.17) is 0 Å². The van der Waals surface area contributed by atoms with E-state index in [1.807, 2.05) is 0 Å². The Morgan fingerprint density at radius 2 is 1.33 bits per heavy atom. The number of benzene rings is 3. The molecule has 0 amide bonds. The van der Waals surface area contributed by atoms with Crippen LogP contribution in [0.25, 0.3) is 22.3 Å². The van der Waals surface area contributed by atoms with E-state index in [1.54, 1.807) is 0 Å². The summed E-state index contributed by atoms with van der Waals surface area (Å²) in [5.74, 6) is 0. The van der Waals surface area contributed by atoms with Gasteiger partial charge in [0.25, 0.3) is 0 Å². The Bertz CT molecular complexity index is 927. The third kappa shape index (κ3) is 2.83. The van der Waals surface area contributed by atoms with E-state index < -0.39 is 0 Å². The van der Waals surface area contributed by atoms with Crippen LogP contribution < -0.4 is 0 Å². The van der Waals surface area contributed by atoms with Crippen molar-refractivity contribution in [2.45, 2.75) is 58.3 Å². The molecular formula is C27H30. The second-order valence-electron chi connectivity index (χ2n) is 7.86. The molecule has 1 aliphatic rings. The molecule has 0 saturated carbocycles. The summed E-state index contributed by atoms with van der Waals surface area (Å²) >= 11 is 0. The van der Waals surface area contributed by atoms with Crippen LogP contribution >= 0.6 is 0 Å². The lowest BCUT2D eigenvalue weighted by atomic mass is 9.71. The maximum Gasteiger partial charge on any atom is 0.0216 e. The van der Waals surface area contributed by atoms with Crippen molar-refractivity contribution in [3.63, 3.8) is 0 Å². The molecule has 0 unspecified atom stereocenters. The van der Waals surface area contributed by atoms with Crippen molar-refractivity contribution in [1.29, 1.82) is 0 Å². The molecule has 0 atom stereocenters. The Hall–Kier alpha value is -2.34. The zero-order valence-electron chi connectivity index (χ0n) is 16.9. The van der Waals surface area contributed by atoms with E-state index in [0.29, 0.717) is 0 Å². The maximum absolute atomic E-state index is 2.35. The summed E-state index contributed by atoms with van der Waals surface area (Å²) in [7, 11) is 0. The highest BCUT2D eigenvalue weighted by Gasteiger charge is 2.41.